The van der Waals surface area contributed by atoms with Crippen molar-refractivity contribution in [2.75, 3.05) is 5.32 Å². The van der Waals surface area contributed by atoms with Gasteiger partial charge < -0.3 is 14.6 Å². The van der Waals surface area contributed by atoms with Gasteiger partial charge in [-0.1, -0.05) is 27.2 Å². The second kappa shape index (κ2) is 7.99. The molecule has 0 fully saturated rings. The Morgan fingerprint density at radius 1 is 1.29 bits per heavy atom. The number of ether oxygens (including phenoxy) is 1. The maximum atomic E-state index is 12.5. The fourth-order valence-electron chi connectivity index (χ4n) is 2.60. The van der Waals surface area contributed by atoms with Gasteiger partial charge in [0.1, 0.15) is 18.2 Å². The predicted molar refractivity (Wildman–Crippen MR) is 95.9 cm³/mol. The molecule has 5 nitrogen and oxygen atoms in total. The van der Waals surface area contributed by atoms with Gasteiger partial charge in [-0.2, -0.15) is 0 Å². The van der Waals surface area contributed by atoms with E-state index in [1.54, 1.807) is 6.20 Å². The van der Waals surface area contributed by atoms with Gasteiger partial charge in [-0.25, -0.2) is 4.98 Å². The van der Waals surface area contributed by atoms with E-state index < -0.39 is 0 Å². The zero-order valence-electron chi connectivity index (χ0n) is 15.0. The molecule has 0 saturated heterocycles. The van der Waals surface area contributed by atoms with Crippen LogP contribution < -0.4 is 10.1 Å². The van der Waals surface area contributed by atoms with Gasteiger partial charge in [0, 0.05) is 30.5 Å². The van der Waals surface area contributed by atoms with Crippen molar-refractivity contribution in [2.45, 2.75) is 46.6 Å². The van der Waals surface area contributed by atoms with Gasteiger partial charge in [0.05, 0.1) is 0 Å². The van der Waals surface area contributed by atoms with Gasteiger partial charge >= 0.3 is 0 Å². The van der Waals surface area contributed by atoms with Crippen molar-refractivity contribution in [3.63, 3.8) is 0 Å². The van der Waals surface area contributed by atoms with E-state index in [1.807, 2.05) is 49.0 Å². The molecule has 0 aliphatic heterocycles. The number of rotatable bonds is 8. The monoisotopic (exact) mass is 329 g/mol. The summed E-state index contributed by atoms with van der Waals surface area (Å²) in [7, 11) is 1.94. The van der Waals surface area contributed by atoms with Crippen LogP contribution in [0.1, 0.15) is 45.9 Å². The number of carbonyl (C=O) groups excluding carboxylic acids is 1. The van der Waals surface area contributed by atoms with Crippen LogP contribution in [0.4, 0.5) is 5.69 Å². The quantitative estimate of drug-likeness (QED) is 0.791. The zero-order valence-corrected chi connectivity index (χ0v) is 15.0. The molecule has 0 unspecified atom stereocenters. The Balaban J connectivity index is 1.94. The van der Waals surface area contributed by atoms with Crippen molar-refractivity contribution < 1.29 is 9.53 Å². The van der Waals surface area contributed by atoms with E-state index >= 15 is 0 Å². The molecule has 5 heteroatoms. The lowest BCUT2D eigenvalue weighted by molar-refractivity contribution is -0.125. The number of aromatic nitrogens is 2. The molecular formula is C19H27N3O2. The predicted octanol–water partition coefficient (Wildman–Crippen LogP) is 4.15. The minimum atomic E-state index is -0.317. The third-order valence-electron chi connectivity index (χ3n) is 4.53. The van der Waals surface area contributed by atoms with E-state index in [9.17, 15) is 4.79 Å². The first kappa shape index (κ1) is 18.0. The zero-order chi connectivity index (χ0) is 17.6. The van der Waals surface area contributed by atoms with Gasteiger partial charge in [-0.3, -0.25) is 4.79 Å². The number of aryl methyl sites for hydroxylation is 1. The maximum absolute atomic E-state index is 12.5. The summed E-state index contributed by atoms with van der Waals surface area (Å²) in [4.78, 5) is 16.7. The van der Waals surface area contributed by atoms with Crippen molar-refractivity contribution in [1.29, 1.82) is 0 Å². The largest absolute Gasteiger partial charge is 0.486 e. The molecule has 0 radical (unpaired) electrons. The average molecular weight is 329 g/mol. The topological polar surface area (TPSA) is 56.1 Å². The second-order valence-electron chi connectivity index (χ2n) is 6.39. The summed E-state index contributed by atoms with van der Waals surface area (Å²) in [6.07, 6.45) is 6.35. The molecule has 0 aliphatic rings. The SMILES string of the molecule is CCC[C@](C)(CC)C(=O)Nc1ccc(OCc2nccn2C)cc1. The normalized spacial score (nSPS) is 13.3. The summed E-state index contributed by atoms with van der Waals surface area (Å²) in [6.45, 7) is 6.61. The number of hydrogen-bond acceptors (Lipinski definition) is 3. The molecular weight excluding hydrogens is 302 g/mol. The molecule has 1 aromatic heterocycles. The number of carbonyl (C=O) groups is 1. The number of benzene rings is 1. The van der Waals surface area contributed by atoms with Crippen LogP contribution >= 0.6 is 0 Å². The fourth-order valence-corrected chi connectivity index (χ4v) is 2.60. The third kappa shape index (κ3) is 4.37. The van der Waals surface area contributed by atoms with Crippen molar-refractivity contribution in [3.05, 3.63) is 42.5 Å². The van der Waals surface area contributed by atoms with Gasteiger partial charge in [0.15, 0.2) is 0 Å². The molecule has 0 bridgehead atoms. The molecule has 2 aromatic rings. The molecule has 24 heavy (non-hydrogen) atoms. The smallest absolute Gasteiger partial charge is 0.230 e. The fraction of sp³-hybridized carbons (Fsp3) is 0.474. The lowest BCUT2D eigenvalue weighted by Crippen LogP contribution is -2.32. The molecule has 1 aromatic carbocycles. The van der Waals surface area contributed by atoms with E-state index in [0.29, 0.717) is 6.61 Å². The van der Waals surface area contributed by atoms with Crippen LogP contribution in [-0.4, -0.2) is 15.5 Å². The Hall–Kier alpha value is -2.30. The summed E-state index contributed by atoms with van der Waals surface area (Å²) in [5.41, 5.74) is 0.474. The van der Waals surface area contributed by atoms with Crippen molar-refractivity contribution >= 4 is 11.6 Å². The molecule has 1 heterocycles. The van der Waals surface area contributed by atoms with Crippen LogP contribution in [0.2, 0.25) is 0 Å². The van der Waals surface area contributed by atoms with Crippen LogP contribution in [0.3, 0.4) is 0 Å². The molecule has 1 N–H and O–H groups in total. The van der Waals surface area contributed by atoms with Gasteiger partial charge in [-0.15, -0.1) is 0 Å². The van der Waals surface area contributed by atoms with Crippen molar-refractivity contribution in [3.8, 4) is 5.75 Å². The molecule has 0 aliphatic carbocycles. The second-order valence-corrected chi connectivity index (χ2v) is 6.39. The summed E-state index contributed by atoms with van der Waals surface area (Å²) < 4.78 is 7.65. The minimum absolute atomic E-state index is 0.0773. The first-order valence-corrected chi connectivity index (χ1v) is 8.49. The number of hydrogen-bond donors (Lipinski definition) is 1. The van der Waals surface area contributed by atoms with Crippen LogP contribution in [0.5, 0.6) is 5.75 Å². The summed E-state index contributed by atoms with van der Waals surface area (Å²) in [5, 5.41) is 3.01. The Bertz CT molecular complexity index is 664. The summed E-state index contributed by atoms with van der Waals surface area (Å²) in [5.74, 6) is 1.70. The van der Waals surface area contributed by atoms with E-state index in [4.69, 9.17) is 4.74 Å². The van der Waals surface area contributed by atoms with Crippen LogP contribution in [0, 0.1) is 5.41 Å². The molecule has 0 spiro atoms. The standard InChI is InChI=1S/C19H27N3O2/c1-5-11-19(3,6-2)18(23)21-15-7-9-16(10-8-15)24-14-17-20-12-13-22(17)4/h7-10,12-13H,5-6,11,14H2,1-4H3,(H,21,23)/t19-/m0/s1. The Morgan fingerprint density at radius 2 is 2.00 bits per heavy atom. The lowest BCUT2D eigenvalue weighted by Gasteiger charge is -2.26. The van der Waals surface area contributed by atoms with Crippen LogP contribution in [0.25, 0.3) is 0 Å². The minimum Gasteiger partial charge on any atom is -0.486 e. The van der Waals surface area contributed by atoms with Crippen LogP contribution in [0.15, 0.2) is 36.7 Å². The van der Waals surface area contributed by atoms with Gasteiger partial charge in [0.2, 0.25) is 5.91 Å². The van der Waals surface area contributed by atoms with Gasteiger partial charge in [0.25, 0.3) is 0 Å². The molecule has 130 valence electrons. The molecule has 0 saturated carbocycles. The Labute approximate surface area is 144 Å². The molecule has 1 amide bonds. The highest BCUT2D eigenvalue weighted by atomic mass is 16.5. The first-order chi connectivity index (χ1) is 11.5. The highest BCUT2D eigenvalue weighted by Crippen LogP contribution is 2.29. The Morgan fingerprint density at radius 3 is 2.54 bits per heavy atom. The highest BCUT2D eigenvalue weighted by molar-refractivity contribution is 5.95. The highest BCUT2D eigenvalue weighted by Gasteiger charge is 2.30. The number of amides is 1. The summed E-state index contributed by atoms with van der Waals surface area (Å²) >= 11 is 0. The Kier molecular flexibility index (Phi) is 6.01. The van der Waals surface area contributed by atoms with E-state index in [2.05, 4.69) is 24.1 Å². The number of anilines is 1. The van der Waals surface area contributed by atoms with E-state index in [0.717, 1.165) is 36.5 Å². The number of nitrogens with zero attached hydrogens (tertiary/aromatic N) is 2. The van der Waals surface area contributed by atoms with E-state index in [1.165, 1.54) is 0 Å². The summed E-state index contributed by atoms with van der Waals surface area (Å²) in [6, 6.07) is 7.46. The first-order valence-electron chi connectivity index (χ1n) is 8.49. The molecule has 1 atom stereocenters. The number of imidazole rings is 1. The van der Waals surface area contributed by atoms with Crippen molar-refractivity contribution in [1.82, 2.24) is 9.55 Å². The lowest BCUT2D eigenvalue weighted by atomic mass is 9.82. The van der Waals surface area contributed by atoms with E-state index in [-0.39, 0.29) is 11.3 Å². The number of nitrogens with one attached hydrogen (secondary N) is 1. The van der Waals surface area contributed by atoms with Crippen LogP contribution in [-0.2, 0) is 18.4 Å². The van der Waals surface area contributed by atoms with Gasteiger partial charge in [-0.05, 0) is 37.1 Å². The molecule has 2 rings (SSSR count). The average Bonchev–Trinajstić information content (AvgIpc) is 2.99. The van der Waals surface area contributed by atoms with Crippen molar-refractivity contribution in [2.24, 2.45) is 12.5 Å². The third-order valence-corrected chi connectivity index (χ3v) is 4.53. The maximum Gasteiger partial charge on any atom is 0.230 e.